The van der Waals surface area contributed by atoms with Gasteiger partial charge in [-0.2, -0.15) is 0 Å². The van der Waals surface area contributed by atoms with Gasteiger partial charge in [-0.05, 0) is 30.2 Å². The van der Waals surface area contributed by atoms with Gasteiger partial charge in [0.05, 0.1) is 12.2 Å². The second kappa shape index (κ2) is 6.54. The fourth-order valence-corrected chi connectivity index (χ4v) is 1.80. The second-order valence-corrected chi connectivity index (χ2v) is 4.16. The van der Waals surface area contributed by atoms with Gasteiger partial charge in [0.2, 0.25) is 0 Å². The highest BCUT2D eigenvalue weighted by Gasteiger charge is 2.00. The van der Waals surface area contributed by atoms with E-state index in [1.54, 1.807) is 6.20 Å². The lowest BCUT2D eigenvalue weighted by atomic mass is 10.1. The number of benzene rings is 1. The summed E-state index contributed by atoms with van der Waals surface area (Å²) < 4.78 is 0. The van der Waals surface area contributed by atoms with Gasteiger partial charge in [0.15, 0.2) is 5.96 Å². The number of guanidine groups is 1. The quantitative estimate of drug-likeness (QED) is 0.651. The van der Waals surface area contributed by atoms with Crippen LogP contribution in [-0.4, -0.2) is 10.9 Å². The number of hydrogen-bond acceptors (Lipinski definition) is 2. The van der Waals surface area contributed by atoms with Crippen molar-refractivity contribution in [1.82, 2.24) is 4.98 Å². The van der Waals surface area contributed by atoms with Gasteiger partial charge in [-0.1, -0.05) is 31.2 Å². The number of aromatic nitrogens is 1. The van der Waals surface area contributed by atoms with Gasteiger partial charge in [-0.3, -0.25) is 4.98 Å². The van der Waals surface area contributed by atoms with Crippen LogP contribution in [0.4, 0.5) is 5.69 Å². The fraction of sp³-hybridized carbons (Fsp3) is 0.200. The Bertz CT molecular complexity index is 549. The van der Waals surface area contributed by atoms with Gasteiger partial charge in [-0.15, -0.1) is 0 Å². The predicted molar refractivity (Wildman–Crippen MR) is 79.0 cm³/mol. The minimum Gasteiger partial charge on any atom is -0.370 e. The zero-order chi connectivity index (χ0) is 13.5. The molecule has 0 radical (unpaired) electrons. The molecule has 0 atom stereocenters. The number of pyridine rings is 1. The Labute approximate surface area is 113 Å². The topological polar surface area (TPSA) is 63.3 Å². The van der Waals surface area contributed by atoms with Crippen LogP contribution >= 0.6 is 0 Å². The molecule has 2 aromatic rings. The molecule has 0 unspecified atom stereocenters. The monoisotopic (exact) mass is 254 g/mol. The van der Waals surface area contributed by atoms with Crippen LogP contribution in [0.5, 0.6) is 0 Å². The first-order valence-corrected chi connectivity index (χ1v) is 6.34. The van der Waals surface area contributed by atoms with Crippen molar-refractivity contribution in [2.75, 3.05) is 5.32 Å². The number of anilines is 1. The standard InChI is InChI=1S/C15H18N4/c1-2-12-7-6-10-17-14(12)11-18-15(16)19-13-8-4-3-5-9-13/h3-10H,2,11H2,1H3,(H3,16,18,19). The third-order valence-electron chi connectivity index (χ3n) is 2.81. The van der Waals surface area contributed by atoms with Crippen LogP contribution in [0.3, 0.4) is 0 Å². The van der Waals surface area contributed by atoms with E-state index in [9.17, 15) is 0 Å². The molecule has 0 aliphatic carbocycles. The molecule has 0 bridgehead atoms. The van der Waals surface area contributed by atoms with Crippen LogP contribution in [0.15, 0.2) is 53.7 Å². The van der Waals surface area contributed by atoms with Crippen LogP contribution in [0.1, 0.15) is 18.2 Å². The van der Waals surface area contributed by atoms with Crippen LogP contribution in [-0.2, 0) is 13.0 Å². The lowest BCUT2D eigenvalue weighted by Gasteiger charge is -2.06. The highest BCUT2D eigenvalue weighted by Crippen LogP contribution is 2.08. The number of nitrogens with zero attached hydrogens (tertiary/aromatic N) is 2. The summed E-state index contributed by atoms with van der Waals surface area (Å²) in [7, 11) is 0. The van der Waals surface area contributed by atoms with Crippen LogP contribution in [0.25, 0.3) is 0 Å². The molecule has 0 aliphatic heterocycles. The first-order chi connectivity index (χ1) is 9.29. The van der Waals surface area contributed by atoms with Gasteiger partial charge in [0.1, 0.15) is 0 Å². The van der Waals surface area contributed by atoms with Gasteiger partial charge < -0.3 is 11.1 Å². The van der Waals surface area contributed by atoms with Crippen LogP contribution in [0.2, 0.25) is 0 Å². The van der Waals surface area contributed by atoms with E-state index in [1.807, 2.05) is 36.4 Å². The Morgan fingerprint density at radius 1 is 1.21 bits per heavy atom. The number of hydrogen-bond donors (Lipinski definition) is 2. The molecule has 2 rings (SSSR count). The van der Waals surface area contributed by atoms with E-state index in [-0.39, 0.29) is 0 Å². The Morgan fingerprint density at radius 2 is 2.00 bits per heavy atom. The van der Waals surface area contributed by atoms with E-state index in [1.165, 1.54) is 5.56 Å². The van der Waals surface area contributed by atoms with Crippen molar-refractivity contribution in [2.24, 2.45) is 10.7 Å². The minimum atomic E-state index is 0.402. The molecule has 0 amide bonds. The van der Waals surface area contributed by atoms with E-state index in [4.69, 9.17) is 5.73 Å². The first-order valence-electron chi connectivity index (χ1n) is 6.34. The molecule has 1 heterocycles. The highest BCUT2D eigenvalue weighted by atomic mass is 15.1. The molecular weight excluding hydrogens is 236 g/mol. The lowest BCUT2D eigenvalue weighted by molar-refractivity contribution is 0.933. The summed E-state index contributed by atoms with van der Waals surface area (Å²) in [4.78, 5) is 8.66. The lowest BCUT2D eigenvalue weighted by Crippen LogP contribution is -2.22. The maximum absolute atomic E-state index is 5.86. The average molecular weight is 254 g/mol. The Kier molecular flexibility index (Phi) is 4.50. The maximum Gasteiger partial charge on any atom is 0.193 e. The van der Waals surface area contributed by atoms with Crippen molar-refractivity contribution in [3.05, 3.63) is 59.9 Å². The van der Waals surface area contributed by atoms with Crippen molar-refractivity contribution < 1.29 is 0 Å². The SMILES string of the molecule is CCc1cccnc1CN=C(N)Nc1ccccc1. The van der Waals surface area contributed by atoms with E-state index in [0.717, 1.165) is 17.8 Å². The molecule has 0 saturated heterocycles. The molecule has 4 heteroatoms. The summed E-state index contributed by atoms with van der Waals surface area (Å²) in [6, 6.07) is 13.8. The zero-order valence-electron chi connectivity index (χ0n) is 11.0. The molecule has 0 aliphatic rings. The van der Waals surface area contributed by atoms with Crippen molar-refractivity contribution in [3.8, 4) is 0 Å². The zero-order valence-corrected chi connectivity index (χ0v) is 11.0. The first kappa shape index (κ1) is 13.1. The highest BCUT2D eigenvalue weighted by molar-refractivity contribution is 5.92. The third kappa shape index (κ3) is 3.81. The summed E-state index contributed by atoms with van der Waals surface area (Å²) >= 11 is 0. The Balaban J connectivity index is 2.02. The number of aliphatic imine (C=N–C) groups is 1. The molecule has 19 heavy (non-hydrogen) atoms. The Morgan fingerprint density at radius 3 is 2.74 bits per heavy atom. The molecule has 3 N–H and O–H groups in total. The summed E-state index contributed by atoms with van der Waals surface area (Å²) in [6.45, 7) is 2.60. The van der Waals surface area contributed by atoms with Crippen LogP contribution in [0, 0.1) is 0 Å². The van der Waals surface area contributed by atoms with E-state index >= 15 is 0 Å². The fourth-order valence-electron chi connectivity index (χ4n) is 1.80. The number of aryl methyl sites for hydroxylation is 1. The average Bonchev–Trinajstić information content (AvgIpc) is 2.46. The molecular formula is C15H18N4. The van der Waals surface area contributed by atoms with E-state index < -0.39 is 0 Å². The second-order valence-electron chi connectivity index (χ2n) is 4.16. The molecule has 1 aromatic heterocycles. The van der Waals surface area contributed by atoms with E-state index in [0.29, 0.717) is 12.5 Å². The number of nitrogens with two attached hydrogens (primary N) is 1. The third-order valence-corrected chi connectivity index (χ3v) is 2.81. The van der Waals surface area contributed by atoms with E-state index in [2.05, 4.69) is 28.3 Å². The van der Waals surface area contributed by atoms with Gasteiger partial charge in [-0.25, -0.2) is 4.99 Å². The van der Waals surface area contributed by atoms with Gasteiger partial charge in [0.25, 0.3) is 0 Å². The molecule has 1 aromatic carbocycles. The number of rotatable bonds is 4. The van der Waals surface area contributed by atoms with Crippen molar-refractivity contribution in [2.45, 2.75) is 19.9 Å². The minimum absolute atomic E-state index is 0.402. The summed E-state index contributed by atoms with van der Waals surface area (Å²) in [6.07, 6.45) is 2.73. The molecule has 0 fully saturated rings. The normalized spacial score (nSPS) is 11.3. The molecule has 0 saturated carbocycles. The van der Waals surface area contributed by atoms with Crippen LogP contribution < -0.4 is 11.1 Å². The van der Waals surface area contributed by atoms with Crippen molar-refractivity contribution in [1.29, 1.82) is 0 Å². The number of para-hydroxylation sites is 1. The Hall–Kier alpha value is -2.36. The number of nitrogens with one attached hydrogen (secondary N) is 1. The van der Waals surface area contributed by atoms with Crippen molar-refractivity contribution in [3.63, 3.8) is 0 Å². The molecule has 4 nitrogen and oxygen atoms in total. The van der Waals surface area contributed by atoms with Gasteiger partial charge in [0, 0.05) is 11.9 Å². The summed E-state index contributed by atoms with van der Waals surface area (Å²) in [5.74, 6) is 0.402. The molecule has 98 valence electrons. The molecule has 0 spiro atoms. The summed E-state index contributed by atoms with van der Waals surface area (Å²) in [5, 5.41) is 3.05. The smallest absolute Gasteiger partial charge is 0.193 e. The van der Waals surface area contributed by atoms with Crippen molar-refractivity contribution >= 4 is 11.6 Å². The van der Waals surface area contributed by atoms with Gasteiger partial charge >= 0.3 is 0 Å². The maximum atomic E-state index is 5.86. The largest absolute Gasteiger partial charge is 0.370 e. The summed E-state index contributed by atoms with van der Waals surface area (Å²) in [5.41, 5.74) is 8.97. The predicted octanol–water partition coefficient (Wildman–Crippen LogP) is 2.57.